The Balaban J connectivity index is 0.000000810. The molecule has 3 aromatic heterocycles. The van der Waals surface area contributed by atoms with Crippen LogP contribution in [-0.2, 0) is 35.4 Å². The molecule has 1 saturated heterocycles. The first-order chi connectivity index (χ1) is 27.2. The molecule has 324 valence electrons. The van der Waals surface area contributed by atoms with Gasteiger partial charge < -0.3 is 30.3 Å². The van der Waals surface area contributed by atoms with Crippen LogP contribution in [0.3, 0.4) is 0 Å². The molecule has 1 aliphatic rings. The number of aromatic nitrogens is 6. The molecule has 0 amide bonds. The van der Waals surface area contributed by atoms with E-state index in [2.05, 4.69) is 24.8 Å². The summed E-state index contributed by atoms with van der Waals surface area (Å²) in [6.07, 6.45) is 7.10. The van der Waals surface area contributed by atoms with Crippen LogP contribution in [0, 0.1) is 17.5 Å². The zero-order chi connectivity index (χ0) is 41.8. The minimum absolute atomic E-state index is 0. The molecule has 0 bridgehead atoms. The van der Waals surface area contributed by atoms with Crippen molar-refractivity contribution in [2.24, 2.45) is 21.1 Å². The van der Waals surface area contributed by atoms with Crippen LogP contribution in [0.25, 0.3) is 33.8 Å². The number of esters is 2. The van der Waals surface area contributed by atoms with Gasteiger partial charge in [0.25, 0.3) is 0 Å². The van der Waals surface area contributed by atoms with Crippen molar-refractivity contribution in [2.75, 3.05) is 27.4 Å². The molecule has 0 aliphatic carbocycles. The standard InChI is InChI=1S/C12H10ClFN2O2.C12H11FN2O2.C11H8ClFN2O2.C4H8O.CH4.Na.2H2O/c1-16-11(9(13)6-15-16)7-3-4-8(10(14)5-7)12(17)18-2;1-15-11(5-6-14-15)8-3-4-9(10(13)7-8)12(16)17-2;1-15-10(8(12)5-14-15)6-2-3-7(11(16)17)9(13)4-6;1-2-4-5-3-1;;;;/h3-6H,1-2H3;3-7H,1-2H3;2-5H,1H3,(H,16,17);1-4H2;1H4;;2*1H2/q;;;;;+1;;/p-1. The van der Waals surface area contributed by atoms with Crippen molar-refractivity contribution >= 4 is 41.1 Å². The van der Waals surface area contributed by atoms with Crippen LogP contribution in [0.5, 0.6) is 0 Å². The number of nitrogens with zero attached hydrogens (tertiary/aromatic N) is 6. The summed E-state index contributed by atoms with van der Waals surface area (Å²) in [7, 11) is 7.56. The number of rotatable bonds is 6. The zero-order valence-electron chi connectivity index (χ0n) is 33.3. The number of benzene rings is 3. The quantitative estimate of drug-likeness (QED) is 0.179. The van der Waals surface area contributed by atoms with Crippen LogP contribution in [0.2, 0.25) is 10.0 Å². The van der Waals surface area contributed by atoms with Crippen molar-refractivity contribution < 1.29 is 87.4 Å². The molecule has 0 spiro atoms. The first-order valence-electron chi connectivity index (χ1n) is 16.9. The Bertz CT molecular complexity index is 2330. The number of aromatic carboxylic acids is 1. The Labute approximate surface area is 381 Å². The van der Waals surface area contributed by atoms with Gasteiger partial charge in [0.2, 0.25) is 0 Å². The van der Waals surface area contributed by atoms with Gasteiger partial charge in [-0.1, -0.05) is 48.8 Å². The van der Waals surface area contributed by atoms with Gasteiger partial charge in [0.1, 0.15) is 17.5 Å². The third kappa shape index (κ3) is 14.5. The van der Waals surface area contributed by atoms with Gasteiger partial charge in [-0.2, -0.15) is 15.3 Å². The first kappa shape index (κ1) is 55.9. The fourth-order valence-electron chi connectivity index (χ4n) is 5.36. The summed E-state index contributed by atoms with van der Waals surface area (Å²) in [4.78, 5) is 33.1. The monoisotopic (exact) mass is 902 g/mol. The second-order valence-corrected chi connectivity index (χ2v) is 12.8. The Hall–Kier alpha value is -5.05. The summed E-state index contributed by atoms with van der Waals surface area (Å²) in [6.45, 7) is 2.00. The fourth-order valence-corrected chi connectivity index (χ4v) is 5.91. The summed E-state index contributed by atoms with van der Waals surface area (Å²) < 4.78 is 59.5. The van der Waals surface area contributed by atoms with Crippen LogP contribution in [-0.4, -0.2) is 90.7 Å². The number of hydrogen-bond acceptors (Lipinski definition) is 10. The second kappa shape index (κ2) is 26.3. The molecule has 0 atom stereocenters. The molecular formula is C40H44Cl2F3N6NaO9. The summed E-state index contributed by atoms with van der Waals surface area (Å²) >= 11 is 11.9. The maximum absolute atomic E-state index is 13.8. The topological polar surface area (TPSA) is 214 Å². The van der Waals surface area contributed by atoms with Crippen LogP contribution in [0.1, 0.15) is 51.3 Å². The van der Waals surface area contributed by atoms with E-state index in [9.17, 15) is 27.6 Å². The number of carbonyl (C=O) groups is 3. The molecule has 15 nitrogen and oxygen atoms in total. The Morgan fingerprint density at radius 3 is 1.36 bits per heavy atom. The smallest absolute Gasteiger partial charge is 0.870 e. The molecule has 0 unspecified atom stereocenters. The van der Waals surface area contributed by atoms with Crippen LogP contribution >= 0.6 is 23.2 Å². The van der Waals surface area contributed by atoms with E-state index >= 15 is 0 Å². The molecule has 61 heavy (non-hydrogen) atoms. The third-order valence-electron chi connectivity index (χ3n) is 8.23. The summed E-state index contributed by atoms with van der Waals surface area (Å²) in [6, 6.07) is 14.1. The molecule has 6 aromatic rings. The number of aryl methyl sites for hydroxylation is 3. The van der Waals surface area contributed by atoms with Crippen molar-refractivity contribution in [3.05, 3.63) is 123 Å². The summed E-state index contributed by atoms with van der Waals surface area (Å²) in [5, 5.41) is 21.4. The van der Waals surface area contributed by atoms with E-state index in [1.165, 1.54) is 85.2 Å². The van der Waals surface area contributed by atoms with Crippen molar-refractivity contribution in [1.29, 1.82) is 0 Å². The first-order valence-corrected chi connectivity index (χ1v) is 17.6. The summed E-state index contributed by atoms with van der Waals surface area (Å²) in [5.41, 5.74) is 3.05. The zero-order valence-corrected chi connectivity index (χ0v) is 36.8. The minimum atomic E-state index is -1.30. The largest absolute Gasteiger partial charge is 1.00 e. The van der Waals surface area contributed by atoms with E-state index in [1.54, 1.807) is 50.2 Å². The molecule has 0 saturated carbocycles. The Kier molecular flexibility index (Phi) is 24.1. The maximum atomic E-state index is 13.8. The van der Waals surface area contributed by atoms with Crippen molar-refractivity contribution in [1.82, 2.24) is 29.3 Å². The minimum Gasteiger partial charge on any atom is -0.870 e. The number of methoxy groups -OCH3 is 2. The molecule has 4 heterocycles. The van der Waals surface area contributed by atoms with E-state index in [1.807, 2.05) is 0 Å². The molecular weight excluding hydrogens is 859 g/mol. The van der Waals surface area contributed by atoms with E-state index < -0.39 is 35.4 Å². The van der Waals surface area contributed by atoms with Crippen molar-refractivity contribution in [3.63, 3.8) is 0 Å². The molecule has 7 rings (SSSR count). The molecule has 21 heteroatoms. The molecule has 1 aliphatic heterocycles. The van der Waals surface area contributed by atoms with Crippen LogP contribution in [0.4, 0.5) is 13.2 Å². The second-order valence-electron chi connectivity index (χ2n) is 12.0. The number of carboxylic acids is 1. The fraction of sp³-hybridized carbons (Fsp3) is 0.250. The Morgan fingerprint density at radius 2 is 1.07 bits per heavy atom. The summed E-state index contributed by atoms with van der Waals surface area (Å²) in [5.74, 6) is -4.75. The predicted octanol–water partition coefficient (Wildman–Crippen LogP) is 4.69. The van der Waals surface area contributed by atoms with Gasteiger partial charge in [-0.25, -0.2) is 27.6 Å². The number of ether oxygens (including phenoxy) is 3. The average Bonchev–Trinajstić information content (AvgIpc) is 4.02. The van der Waals surface area contributed by atoms with Gasteiger partial charge in [-0.05, 0) is 55.3 Å². The van der Waals surface area contributed by atoms with Gasteiger partial charge >= 0.3 is 47.5 Å². The van der Waals surface area contributed by atoms with E-state index in [4.69, 9.17) is 33.0 Å². The van der Waals surface area contributed by atoms with Gasteiger partial charge in [-0.3, -0.25) is 14.0 Å². The average molecular weight is 904 g/mol. The molecule has 1 fully saturated rings. The molecule has 4 N–H and O–H groups in total. The number of hydrogen-bond donors (Lipinski definition) is 1. The molecule has 0 radical (unpaired) electrons. The van der Waals surface area contributed by atoms with E-state index in [0.29, 0.717) is 38.1 Å². The third-order valence-corrected chi connectivity index (χ3v) is 8.78. The van der Waals surface area contributed by atoms with Crippen LogP contribution < -0.4 is 29.6 Å². The van der Waals surface area contributed by atoms with Gasteiger partial charge in [-0.15, -0.1) is 0 Å². The molecule has 3 aromatic carbocycles. The van der Waals surface area contributed by atoms with Gasteiger partial charge in [0.05, 0.1) is 70.4 Å². The number of carbonyl (C=O) groups excluding carboxylic acids is 2. The predicted molar refractivity (Wildman–Crippen MR) is 218 cm³/mol. The maximum Gasteiger partial charge on any atom is 1.00 e. The Morgan fingerprint density at radius 1 is 0.672 bits per heavy atom. The normalized spacial score (nSPS) is 10.9. The van der Waals surface area contributed by atoms with Crippen LogP contribution in [0.15, 0.2) is 79.3 Å². The van der Waals surface area contributed by atoms with Gasteiger partial charge in [0.15, 0.2) is 0 Å². The number of halogens is 5. The number of carboxylic acid groups (broad SMARTS) is 1. The van der Waals surface area contributed by atoms with Crippen molar-refractivity contribution in [3.8, 4) is 33.8 Å². The SMILES string of the molecule is C.C1CCOC1.COC(=O)c1ccc(-c2c(Cl)cnn2C)cc1F.COC(=O)c1ccc(-c2ccnn2C)cc1F.Cn1ncc(Cl)c1-c1ccc(C(=O)O)c(F)c1.O.[Na+].[OH-]. The van der Waals surface area contributed by atoms with E-state index in [0.717, 1.165) is 25.0 Å². The van der Waals surface area contributed by atoms with Crippen molar-refractivity contribution in [2.45, 2.75) is 20.3 Å². The van der Waals surface area contributed by atoms with E-state index in [-0.39, 0.29) is 64.6 Å². The van der Waals surface area contributed by atoms with Gasteiger partial charge in [0, 0.05) is 57.2 Å².